The van der Waals surface area contributed by atoms with Crippen molar-refractivity contribution in [3.63, 3.8) is 0 Å². The lowest BCUT2D eigenvalue weighted by Crippen LogP contribution is -2.33. The molecule has 1 rings (SSSR count). The summed E-state index contributed by atoms with van der Waals surface area (Å²) in [6.45, 7) is 4.10. The van der Waals surface area contributed by atoms with Gasteiger partial charge in [-0.1, -0.05) is 25.4 Å². The maximum atomic E-state index is 13.2. The normalized spacial score (nSPS) is 12.6. The van der Waals surface area contributed by atoms with Crippen molar-refractivity contribution in [3.8, 4) is 0 Å². The molecule has 1 atom stereocenters. The van der Waals surface area contributed by atoms with Gasteiger partial charge in [-0.15, -0.1) is 0 Å². The van der Waals surface area contributed by atoms with Crippen molar-refractivity contribution < 1.29 is 9.18 Å². The molecule has 0 fully saturated rings. The molecule has 0 aromatic heterocycles. The molecule has 0 aliphatic carbocycles. The first-order valence-electron chi connectivity index (χ1n) is 5.41. The number of rotatable bonds is 4. The van der Waals surface area contributed by atoms with Crippen LogP contribution in [0.4, 0.5) is 10.1 Å². The molecule has 94 valence electrons. The molecule has 3 N–H and O–H groups in total. The maximum Gasteiger partial charge on any atom is 0.229 e. The van der Waals surface area contributed by atoms with Gasteiger partial charge in [-0.05, 0) is 24.1 Å². The second-order valence-corrected chi connectivity index (χ2v) is 4.61. The van der Waals surface area contributed by atoms with Crippen LogP contribution in [0, 0.1) is 17.7 Å². The van der Waals surface area contributed by atoms with Crippen molar-refractivity contribution in [3.05, 3.63) is 29.0 Å². The molecule has 1 aromatic rings. The van der Waals surface area contributed by atoms with Crippen LogP contribution in [0.2, 0.25) is 5.02 Å². The number of hydrogen-bond donors (Lipinski definition) is 2. The van der Waals surface area contributed by atoms with Crippen molar-refractivity contribution in [2.75, 3.05) is 11.9 Å². The summed E-state index contributed by atoms with van der Waals surface area (Å²) in [6, 6.07) is 4.14. The number of nitrogens with two attached hydrogens (primary N) is 1. The number of anilines is 1. The second kappa shape index (κ2) is 5.98. The number of nitrogens with one attached hydrogen (secondary N) is 1. The van der Waals surface area contributed by atoms with Crippen LogP contribution < -0.4 is 11.1 Å². The molecule has 0 aliphatic heterocycles. The summed E-state index contributed by atoms with van der Waals surface area (Å²) >= 11 is 5.55. The largest absolute Gasteiger partial charge is 0.330 e. The van der Waals surface area contributed by atoms with E-state index in [2.05, 4.69) is 5.32 Å². The van der Waals surface area contributed by atoms with Crippen molar-refractivity contribution in [2.45, 2.75) is 13.8 Å². The molecule has 0 saturated heterocycles. The zero-order valence-electron chi connectivity index (χ0n) is 9.84. The van der Waals surface area contributed by atoms with Gasteiger partial charge in [0.25, 0.3) is 0 Å². The van der Waals surface area contributed by atoms with E-state index in [0.717, 1.165) is 0 Å². The Hall–Kier alpha value is -1.13. The topological polar surface area (TPSA) is 55.1 Å². The fourth-order valence-electron chi connectivity index (χ4n) is 1.49. The lowest BCUT2D eigenvalue weighted by atomic mass is 9.95. The highest BCUT2D eigenvalue weighted by Gasteiger charge is 2.20. The third-order valence-corrected chi connectivity index (χ3v) is 2.89. The van der Waals surface area contributed by atoms with E-state index in [0.29, 0.717) is 5.69 Å². The molecular weight excluding hydrogens is 243 g/mol. The predicted octanol–water partition coefficient (Wildman–Crippen LogP) is 2.65. The summed E-state index contributed by atoms with van der Waals surface area (Å²) in [5, 5.41) is 2.65. The number of benzene rings is 1. The van der Waals surface area contributed by atoms with Gasteiger partial charge in [-0.3, -0.25) is 4.79 Å². The summed E-state index contributed by atoms with van der Waals surface area (Å²) in [4.78, 5) is 11.8. The molecule has 0 spiro atoms. The van der Waals surface area contributed by atoms with Gasteiger partial charge in [0.15, 0.2) is 0 Å². The molecule has 3 nitrogen and oxygen atoms in total. The fourth-order valence-corrected chi connectivity index (χ4v) is 1.61. The summed E-state index contributed by atoms with van der Waals surface area (Å²) in [5.41, 5.74) is 5.91. The first-order valence-corrected chi connectivity index (χ1v) is 5.79. The van der Waals surface area contributed by atoms with E-state index < -0.39 is 5.82 Å². The predicted molar refractivity (Wildman–Crippen MR) is 67.4 cm³/mol. The minimum atomic E-state index is -0.557. The Labute approximate surface area is 105 Å². The Morgan fingerprint density at radius 3 is 2.65 bits per heavy atom. The van der Waals surface area contributed by atoms with Crippen LogP contribution >= 0.6 is 11.6 Å². The first-order chi connectivity index (χ1) is 7.95. The van der Waals surface area contributed by atoms with Crippen LogP contribution in [0.1, 0.15) is 13.8 Å². The Kier molecular flexibility index (Phi) is 4.90. The average Bonchev–Trinajstić information content (AvgIpc) is 2.24. The standard InChI is InChI=1S/C12H16ClFN2O/c1-7(2)9(6-15)12(17)16-8-3-4-10(13)11(14)5-8/h3-5,7,9H,6,15H2,1-2H3,(H,16,17). The van der Waals surface area contributed by atoms with Gasteiger partial charge in [0.1, 0.15) is 5.82 Å². The van der Waals surface area contributed by atoms with Gasteiger partial charge in [0.2, 0.25) is 5.91 Å². The number of carbonyl (C=O) groups is 1. The second-order valence-electron chi connectivity index (χ2n) is 4.20. The minimum Gasteiger partial charge on any atom is -0.330 e. The van der Waals surface area contributed by atoms with E-state index in [1.165, 1.54) is 12.1 Å². The molecule has 0 bridgehead atoms. The Morgan fingerprint density at radius 1 is 1.53 bits per heavy atom. The van der Waals surface area contributed by atoms with Crippen LogP contribution in [0.3, 0.4) is 0 Å². The summed E-state index contributed by atoms with van der Waals surface area (Å²) in [7, 11) is 0. The Balaban J connectivity index is 2.77. The number of carbonyl (C=O) groups excluding carboxylic acids is 1. The highest BCUT2D eigenvalue weighted by molar-refractivity contribution is 6.30. The van der Waals surface area contributed by atoms with Crippen molar-refractivity contribution >= 4 is 23.2 Å². The van der Waals surface area contributed by atoms with Gasteiger partial charge < -0.3 is 11.1 Å². The molecule has 1 unspecified atom stereocenters. The van der Waals surface area contributed by atoms with E-state index in [-0.39, 0.29) is 29.3 Å². The molecule has 5 heteroatoms. The van der Waals surface area contributed by atoms with Crippen LogP contribution in [0.25, 0.3) is 0 Å². The third-order valence-electron chi connectivity index (χ3n) is 2.58. The lowest BCUT2D eigenvalue weighted by molar-refractivity contribution is -0.120. The molecular formula is C12H16ClFN2O. The van der Waals surface area contributed by atoms with E-state index in [1.807, 2.05) is 13.8 Å². The molecule has 0 saturated carbocycles. The fraction of sp³-hybridized carbons (Fsp3) is 0.417. The summed E-state index contributed by atoms with van der Waals surface area (Å²) < 4.78 is 13.2. The van der Waals surface area contributed by atoms with Crippen molar-refractivity contribution in [1.29, 1.82) is 0 Å². The van der Waals surface area contributed by atoms with E-state index in [9.17, 15) is 9.18 Å². The van der Waals surface area contributed by atoms with Crippen LogP contribution in [0.5, 0.6) is 0 Å². The molecule has 1 aromatic carbocycles. The minimum absolute atomic E-state index is 0.0298. The van der Waals surface area contributed by atoms with Crippen LogP contribution in [0.15, 0.2) is 18.2 Å². The zero-order valence-corrected chi connectivity index (χ0v) is 10.6. The van der Waals surface area contributed by atoms with Crippen molar-refractivity contribution in [2.24, 2.45) is 17.6 Å². The average molecular weight is 259 g/mol. The number of hydrogen-bond acceptors (Lipinski definition) is 2. The molecule has 0 radical (unpaired) electrons. The van der Waals surface area contributed by atoms with Crippen LogP contribution in [-0.4, -0.2) is 12.5 Å². The number of halogens is 2. The SMILES string of the molecule is CC(C)C(CN)C(=O)Nc1ccc(Cl)c(F)c1. The molecule has 0 aliphatic rings. The molecule has 1 amide bonds. The zero-order chi connectivity index (χ0) is 13.0. The van der Waals surface area contributed by atoms with Gasteiger partial charge in [0.05, 0.1) is 10.9 Å². The van der Waals surface area contributed by atoms with Gasteiger partial charge in [-0.25, -0.2) is 4.39 Å². The first kappa shape index (κ1) is 13.9. The highest BCUT2D eigenvalue weighted by atomic mass is 35.5. The monoisotopic (exact) mass is 258 g/mol. The van der Waals surface area contributed by atoms with Crippen molar-refractivity contribution in [1.82, 2.24) is 0 Å². The lowest BCUT2D eigenvalue weighted by Gasteiger charge is -2.18. The maximum absolute atomic E-state index is 13.2. The quantitative estimate of drug-likeness (QED) is 0.872. The van der Waals surface area contributed by atoms with E-state index in [1.54, 1.807) is 6.07 Å². The highest BCUT2D eigenvalue weighted by Crippen LogP contribution is 2.20. The van der Waals surface area contributed by atoms with Crippen LogP contribution in [-0.2, 0) is 4.79 Å². The Morgan fingerprint density at radius 2 is 2.18 bits per heavy atom. The summed E-state index contributed by atoms with van der Waals surface area (Å²) in [6.07, 6.45) is 0. The van der Waals surface area contributed by atoms with E-state index >= 15 is 0 Å². The summed E-state index contributed by atoms with van der Waals surface area (Å²) in [5.74, 6) is -0.909. The third kappa shape index (κ3) is 3.68. The van der Waals surface area contributed by atoms with Gasteiger partial charge >= 0.3 is 0 Å². The molecule has 0 heterocycles. The smallest absolute Gasteiger partial charge is 0.229 e. The van der Waals surface area contributed by atoms with Gasteiger partial charge in [0, 0.05) is 12.2 Å². The van der Waals surface area contributed by atoms with E-state index in [4.69, 9.17) is 17.3 Å². The molecule has 17 heavy (non-hydrogen) atoms. The Bertz CT molecular complexity index is 409. The number of amides is 1. The van der Waals surface area contributed by atoms with Gasteiger partial charge in [-0.2, -0.15) is 0 Å².